The highest BCUT2D eigenvalue weighted by molar-refractivity contribution is 7.92. The number of nitrogens with one attached hydrogen (secondary N) is 1. The lowest BCUT2D eigenvalue weighted by atomic mass is 10.0. The van der Waals surface area contributed by atoms with Gasteiger partial charge in [0.1, 0.15) is 11.5 Å². The molecule has 1 amide bonds. The Hall–Kier alpha value is -3.32. The van der Waals surface area contributed by atoms with E-state index in [9.17, 15) is 18.0 Å². The Morgan fingerprint density at radius 2 is 1.77 bits per heavy atom. The summed E-state index contributed by atoms with van der Waals surface area (Å²) in [7, 11) is 1.85. The molecule has 0 atom stereocenters. The lowest BCUT2D eigenvalue weighted by molar-refractivity contribution is -0.114. The average molecular weight is 594 g/mol. The molecule has 0 unspecified atom stereocenters. The van der Waals surface area contributed by atoms with Crippen molar-refractivity contribution < 1.29 is 32.2 Å². The third-order valence-corrected chi connectivity index (χ3v) is 9.39. The molecule has 0 fully saturated rings. The van der Waals surface area contributed by atoms with E-state index < -0.39 is 28.4 Å². The third kappa shape index (κ3) is 5.98. The molecule has 2 heterocycles. The standard InChI is InChI=1S/C26H28ClN3O7S2/c1-29-12-11-19-22(14-29)38-25(24(19)26(32)37-4)28-23(31)15-30(17-7-5-16(27)6-8-17)39(33,34)18-9-10-20(35-2)21(13-18)36-3/h5-10,13H,11-12,14-15H2,1-4H3,(H,28,31). The molecule has 39 heavy (non-hydrogen) atoms. The summed E-state index contributed by atoms with van der Waals surface area (Å²) in [5, 5.41) is 3.49. The van der Waals surface area contributed by atoms with E-state index in [0.29, 0.717) is 34.3 Å². The van der Waals surface area contributed by atoms with Crippen LogP contribution in [-0.4, -0.2) is 66.7 Å². The molecule has 0 radical (unpaired) electrons. The summed E-state index contributed by atoms with van der Waals surface area (Å²) in [6.07, 6.45) is 0.632. The number of hydrogen-bond acceptors (Lipinski definition) is 9. The smallest absolute Gasteiger partial charge is 0.341 e. The Morgan fingerprint density at radius 1 is 1.08 bits per heavy atom. The molecule has 0 aliphatic carbocycles. The van der Waals surface area contributed by atoms with E-state index in [4.69, 9.17) is 25.8 Å². The second-order valence-corrected chi connectivity index (χ2v) is 12.1. The van der Waals surface area contributed by atoms with Gasteiger partial charge in [-0.15, -0.1) is 11.3 Å². The summed E-state index contributed by atoms with van der Waals surface area (Å²) < 4.78 is 44.1. The SMILES string of the molecule is COC(=O)c1c(NC(=O)CN(c2ccc(Cl)cc2)S(=O)(=O)c2ccc(OC)c(OC)c2)sc2c1CCN(C)C2. The molecule has 0 saturated carbocycles. The minimum atomic E-state index is -4.25. The number of anilines is 2. The number of hydrogen-bond donors (Lipinski definition) is 1. The normalized spacial score (nSPS) is 13.4. The molecular formula is C26H28ClN3O7S2. The van der Waals surface area contributed by atoms with Gasteiger partial charge in [-0.05, 0) is 55.4 Å². The summed E-state index contributed by atoms with van der Waals surface area (Å²) in [4.78, 5) is 29.0. The lowest BCUT2D eigenvalue weighted by Gasteiger charge is -2.24. The number of amides is 1. The highest BCUT2D eigenvalue weighted by Crippen LogP contribution is 2.38. The highest BCUT2D eigenvalue weighted by atomic mass is 35.5. The number of methoxy groups -OCH3 is 3. The van der Waals surface area contributed by atoms with Gasteiger partial charge in [0.15, 0.2) is 11.5 Å². The van der Waals surface area contributed by atoms with Gasteiger partial charge in [-0.1, -0.05) is 11.6 Å². The predicted octanol–water partition coefficient (Wildman–Crippen LogP) is 4.03. The van der Waals surface area contributed by atoms with E-state index in [1.807, 2.05) is 7.05 Å². The van der Waals surface area contributed by atoms with Gasteiger partial charge in [-0.25, -0.2) is 13.2 Å². The maximum atomic E-state index is 13.8. The van der Waals surface area contributed by atoms with Crippen LogP contribution in [-0.2, 0) is 32.5 Å². The van der Waals surface area contributed by atoms with E-state index in [1.165, 1.54) is 75.1 Å². The molecule has 4 rings (SSSR count). The minimum Gasteiger partial charge on any atom is -0.493 e. The number of thiophene rings is 1. The second-order valence-electron chi connectivity index (χ2n) is 8.74. The minimum absolute atomic E-state index is 0.104. The van der Waals surface area contributed by atoms with Gasteiger partial charge < -0.3 is 24.4 Å². The topological polar surface area (TPSA) is 114 Å². The number of carbonyl (C=O) groups is 2. The Labute approximate surface area is 236 Å². The summed E-state index contributed by atoms with van der Waals surface area (Å²) >= 11 is 7.32. The van der Waals surface area contributed by atoms with Gasteiger partial charge in [0, 0.05) is 29.1 Å². The molecule has 1 aliphatic heterocycles. The van der Waals surface area contributed by atoms with Gasteiger partial charge in [-0.2, -0.15) is 0 Å². The zero-order chi connectivity index (χ0) is 28.3. The number of ether oxygens (including phenoxy) is 3. The van der Waals surface area contributed by atoms with Gasteiger partial charge >= 0.3 is 5.97 Å². The number of likely N-dealkylation sites (N-methyl/N-ethyl adjacent to an activating group) is 1. The molecule has 208 valence electrons. The molecule has 3 aromatic rings. The van der Waals surface area contributed by atoms with Crippen molar-refractivity contribution in [2.45, 2.75) is 17.9 Å². The van der Waals surface area contributed by atoms with Crippen LogP contribution in [0.5, 0.6) is 11.5 Å². The van der Waals surface area contributed by atoms with Crippen LogP contribution < -0.4 is 19.1 Å². The number of rotatable bonds is 9. The highest BCUT2D eigenvalue weighted by Gasteiger charge is 2.31. The molecule has 1 aromatic heterocycles. The van der Waals surface area contributed by atoms with Crippen LogP contribution in [0.1, 0.15) is 20.8 Å². The fraction of sp³-hybridized carbons (Fsp3) is 0.308. The van der Waals surface area contributed by atoms with Crippen LogP contribution in [0.15, 0.2) is 47.4 Å². The quantitative estimate of drug-likeness (QED) is 0.370. The number of nitrogens with zero attached hydrogens (tertiary/aromatic N) is 2. The molecule has 1 aliphatic rings. The van der Waals surface area contributed by atoms with Crippen LogP contribution in [0.2, 0.25) is 5.02 Å². The molecule has 0 bridgehead atoms. The molecule has 10 nitrogen and oxygen atoms in total. The molecule has 13 heteroatoms. The number of fused-ring (bicyclic) bond motifs is 1. The Balaban J connectivity index is 1.70. The predicted molar refractivity (Wildman–Crippen MR) is 150 cm³/mol. The number of esters is 1. The Morgan fingerprint density at radius 3 is 2.41 bits per heavy atom. The van der Waals surface area contributed by atoms with Crippen LogP contribution in [0.25, 0.3) is 0 Å². The van der Waals surface area contributed by atoms with Crippen molar-refractivity contribution in [1.29, 1.82) is 0 Å². The first-order valence-electron chi connectivity index (χ1n) is 11.8. The first-order valence-corrected chi connectivity index (χ1v) is 14.4. The van der Waals surface area contributed by atoms with E-state index in [0.717, 1.165) is 21.3 Å². The van der Waals surface area contributed by atoms with Crippen molar-refractivity contribution in [3.05, 3.63) is 63.5 Å². The van der Waals surface area contributed by atoms with E-state index in [2.05, 4.69) is 10.2 Å². The third-order valence-electron chi connectivity index (χ3n) is 6.24. The van der Waals surface area contributed by atoms with Crippen LogP contribution in [0, 0.1) is 0 Å². The van der Waals surface area contributed by atoms with Gasteiger partial charge in [0.2, 0.25) is 5.91 Å². The van der Waals surface area contributed by atoms with Crippen LogP contribution in [0.4, 0.5) is 10.7 Å². The lowest BCUT2D eigenvalue weighted by Crippen LogP contribution is -2.38. The average Bonchev–Trinajstić information content (AvgIpc) is 3.27. The fourth-order valence-electron chi connectivity index (χ4n) is 4.26. The van der Waals surface area contributed by atoms with Crippen LogP contribution >= 0.6 is 22.9 Å². The van der Waals surface area contributed by atoms with Crippen molar-refractivity contribution in [1.82, 2.24) is 4.90 Å². The monoisotopic (exact) mass is 593 g/mol. The molecular weight excluding hydrogens is 566 g/mol. The first kappa shape index (κ1) is 28.7. The maximum Gasteiger partial charge on any atom is 0.341 e. The van der Waals surface area contributed by atoms with E-state index >= 15 is 0 Å². The van der Waals surface area contributed by atoms with E-state index in [-0.39, 0.29) is 16.3 Å². The van der Waals surface area contributed by atoms with Crippen molar-refractivity contribution in [3.8, 4) is 11.5 Å². The number of carbonyl (C=O) groups excluding carboxylic acids is 2. The van der Waals surface area contributed by atoms with Crippen molar-refractivity contribution in [2.75, 3.05) is 51.1 Å². The van der Waals surface area contributed by atoms with Crippen molar-refractivity contribution >= 4 is 55.5 Å². The number of sulfonamides is 1. The molecule has 2 aromatic carbocycles. The summed E-state index contributed by atoms with van der Waals surface area (Å²) in [5.41, 5.74) is 1.37. The molecule has 0 saturated heterocycles. The first-order chi connectivity index (χ1) is 18.6. The van der Waals surface area contributed by atoms with Crippen LogP contribution in [0.3, 0.4) is 0 Å². The summed E-state index contributed by atoms with van der Waals surface area (Å²) in [6.45, 7) is 0.820. The largest absolute Gasteiger partial charge is 0.493 e. The van der Waals surface area contributed by atoms with Gasteiger partial charge in [-0.3, -0.25) is 9.10 Å². The molecule has 1 N–H and O–H groups in total. The molecule has 0 spiro atoms. The van der Waals surface area contributed by atoms with Crippen molar-refractivity contribution in [2.24, 2.45) is 0 Å². The van der Waals surface area contributed by atoms with Gasteiger partial charge in [0.25, 0.3) is 10.0 Å². The Kier molecular flexibility index (Phi) is 8.70. The number of benzene rings is 2. The van der Waals surface area contributed by atoms with E-state index in [1.54, 1.807) is 0 Å². The maximum absolute atomic E-state index is 13.8. The van der Waals surface area contributed by atoms with Gasteiger partial charge in [0.05, 0.1) is 37.5 Å². The zero-order valence-corrected chi connectivity index (χ0v) is 24.2. The summed E-state index contributed by atoms with van der Waals surface area (Å²) in [6, 6.07) is 10.3. The second kappa shape index (κ2) is 11.8. The summed E-state index contributed by atoms with van der Waals surface area (Å²) in [5.74, 6) is -0.614. The zero-order valence-electron chi connectivity index (χ0n) is 21.8. The van der Waals surface area contributed by atoms with Crippen molar-refractivity contribution in [3.63, 3.8) is 0 Å². The fourth-order valence-corrected chi connectivity index (χ4v) is 7.16. The Bertz CT molecular complexity index is 1490. The number of halogens is 1.